The molecule has 1 amide bonds. The molecule has 2 aromatic carbocycles. The Morgan fingerprint density at radius 3 is 2.37 bits per heavy atom. The average molecular weight is 408 g/mol. The smallest absolute Gasteiger partial charge is 0.220 e. The molecule has 30 heavy (non-hydrogen) atoms. The van der Waals surface area contributed by atoms with E-state index in [-0.39, 0.29) is 5.91 Å². The van der Waals surface area contributed by atoms with Gasteiger partial charge in [0.25, 0.3) is 0 Å². The SMILES string of the molecule is CCOc1ccc(CCC(=O)NCc2ccc(-n3ccnc3C)cc2)cc1OCC. The lowest BCUT2D eigenvalue weighted by Gasteiger charge is -2.12. The molecular formula is C24H29N3O3. The molecule has 0 aliphatic rings. The van der Waals surface area contributed by atoms with E-state index in [0.717, 1.165) is 34.1 Å². The standard InChI is InChI=1S/C24H29N3O3/c1-4-29-22-12-8-19(16-23(22)30-5-2)9-13-24(28)26-17-20-6-10-21(11-7-20)27-15-14-25-18(27)3/h6-8,10-12,14-16H,4-5,9,13,17H2,1-3H3,(H,26,28). The first-order valence-electron chi connectivity index (χ1n) is 10.3. The van der Waals surface area contributed by atoms with Crippen molar-refractivity contribution in [1.29, 1.82) is 0 Å². The van der Waals surface area contributed by atoms with Crippen LogP contribution in [-0.2, 0) is 17.8 Å². The average Bonchev–Trinajstić information content (AvgIpc) is 3.19. The summed E-state index contributed by atoms with van der Waals surface area (Å²) in [5, 5.41) is 2.99. The van der Waals surface area contributed by atoms with Crippen LogP contribution in [0.2, 0.25) is 0 Å². The number of benzene rings is 2. The van der Waals surface area contributed by atoms with Crippen LogP contribution >= 0.6 is 0 Å². The molecular weight excluding hydrogens is 378 g/mol. The van der Waals surface area contributed by atoms with Gasteiger partial charge in [-0.1, -0.05) is 18.2 Å². The van der Waals surface area contributed by atoms with Gasteiger partial charge in [0.15, 0.2) is 11.5 Å². The van der Waals surface area contributed by atoms with Crippen molar-refractivity contribution in [3.05, 3.63) is 71.8 Å². The fourth-order valence-corrected chi connectivity index (χ4v) is 3.22. The lowest BCUT2D eigenvalue weighted by molar-refractivity contribution is -0.121. The van der Waals surface area contributed by atoms with Crippen molar-refractivity contribution in [3.8, 4) is 17.2 Å². The van der Waals surface area contributed by atoms with Gasteiger partial charge in [-0.3, -0.25) is 4.79 Å². The minimum absolute atomic E-state index is 0.0244. The van der Waals surface area contributed by atoms with E-state index in [2.05, 4.69) is 10.3 Å². The van der Waals surface area contributed by atoms with Crippen LogP contribution in [0.3, 0.4) is 0 Å². The van der Waals surface area contributed by atoms with Crippen LogP contribution in [0.1, 0.15) is 37.2 Å². The first-order chi connectivity index (χ1) is 14.6. The number of amides is 1. The van der Waals surface area contributed by atoms with Crippen molar-refractivity contribution in [2.75, 3.05) is 13.2 Å². The second kappa shape index (κ2) is 10.5. The van der Waals surface area contributed by atoms with Gasteiger partial charge in [-0.15, -0.1) is 0 Å². The maximum Gasteiger partial charge on any atom is 0.220 e. The molecule has 0 aliphatic heterocycles. The number of imidazole rings is 1. The zero-order valence-corrected chi connectivity index (χ0v) is 17.9. The van der Waals surface area contributed by atoms with Crippen LogP contribution in [0.5, 0.6) is 11.5 Å². The van der Waals surface area contributed by atoms with Crippen molar-refractivity contribution in [3.63, 3.8) is 0 Å². The Kier molecular flexibility index (Phi) is 7.49. The number of nitrogens with one attached hydrogen (secondary N) is 1. The number of aryl methyl sites for hydroxylation is 2. The van der Waals surface area contributed by atoms with Crippen LogP contribution < -0.4 is 14.8 Å². The van der Waals surface area contributed by atoms with Gasteiger partial charge in [0, 0.05) is 31.0 Å². The zero-order chi connectivity index (χ0) is 21.3. The topological polar surface area (TPSA) is 65.4 Å². The lowest BCUT2D eigenvalue weighted by atomic mass is 10.1. The molecule has 0 unspecified atom stereocenters. The van der Waals surface area contributed by atoms with Crippen molar-refractivity contribution in [2.45, 2.75) is 40.2 Å². The Hall–Kier alpha value is -3.28. The fourth-order valence-electron chi connectivity index (χ4n) is 3.22. The third-order valence-corrected chi connectivity index (χ3v) is 4.78. The van der Waals surface area contributed by atoms with Crippen molar-refractivity contribution < 1.29 is 14.3 Å². The van der Waals surface area contributed by atoms with E-state index in [1.807, 2.05) is 74.0 Å². The predicted molar refractivity (Wildman–Crippen MR) is 117 cm³/mol. The van der Waals surface area contributed by atoms with Gasteiger partial charge in [-0.05, 0) is 62.6 Å². The van der Waals surface area contributed by atoms with Crippen LogP contribution in [0, 0.1) is 6.92 Å². The molecule has 0 atom stereocenters. The van der Waals surface area contributed by atoms with Crippen molar-refractivity contribution in [2.24, 2.45) is 0 Å². The largest absolute Gasteiger partial charge is 0.490 e. The number of nitrogens with zero attached hydrogens (tertiary/aromatic N) is 2. The predicted octanol–water partition coefficient (Wildman–Crippen LogP) is 4.23. The maximum absolute atomic E-state index is 12.3. The van der Waals surface area contributed by atoms with Crippen LogP contribution in [0.15, 0.2) is 54.9 Å². The van der Waals surface area contributed by atoms with Crippen molar-refractivity contribution in [1.82, 2.24) is 14.9 Å². The summed E-state index contributed by atoms with van der Waals surface area (Å²) >= 11 is 0. The molecule has 1 heterocycles. The van der Waals surface area contributed by atoms with E-state index in [0.29, 0.717) is 32.6 Å². The highest BCUT2D eigenvalue weighted by atomic mass is 16.5. The van der Waals surface area contributed by atoms with E-state index in [9.17, 15) is 4.79 Å². The van der Waals surface area contributed by atoms with E-state index in [4.69, 9.17) is 9.47 Å². The summed E-state index contributed by atoms with van der Waals surface area (Å²) < 4.78 is 13.3. The number of ether oxygens (including phenoxy) is 2. The van der Waals surface area contributed by atoms with E-state index < -0.39 is 0 Å². The molecule has 0 radical (unpaired) electrons. The molecule has 158 valence electrons. The highest BCUT2D eigenvalue weighted by Crippen LogP contribution is 2.29. The minimum atomic E-state index is 0.0244. The number of carbonyl (C=O) groups is 1. The molecule has 0 fully saturated rings. The normalized spacial score (nSPS) is 10.6. The lowest BCUT2D eigenvalue weighted by Crippen LogP contribution is -2.23. The number of carbonyl (C=O) groups excluding carboxylic acids is 1. The summed E-state index contributed by atoms with van der Waals surface area (Å²) in [6, 6.07) is 14.0. The highest BCUT2D eigenvalue weighted by molar-refractivity contribution is 5.76. The molecule has 0 saturated carbocycles. The monoisotopic (exact) mass is 407 g/mol. The van der Waals surface area contributed by atoms with Gasteiger partial charge in [-0.25, -0.2) is 4.98 Å². The molecule has 0 aliphatic carbocycles. The summed E-state index contributed by atoms with van der Waals surface area (Å²) in [6.45, 7) is 7.53. The van der Waals surface area contributed by atoms with Gasteiger partial charge in [0.05, 0.1) is 13.2 Å². The molecule has 0 bridgehead atoms. The zero-order valence-electron chi connectivity index (χ0n) is 17.9. The number of hydrogen-bond donors (Lipinski definition) is 1. The molecule has 3 rings (SSSR count). The third kappa shape index (κ3) is 5.63. The molecule has 1 aromatic heterocycles. The first-order valence-corrected chi connectivity index (χ1v) is 10.3. The number of aromatic nitrogens is 2. The van der Waals surface area contributed by atoms with Gasteiger partial charge < -0.3 is 19.4 Å². The Bertz CT molecular complexity index is 964. The second-order valence-electron chi connectivity index (χ2n) is 6.93. The van der Waals surface area contributed by atoms with Gasteiger partial charge in [0.1, 0.15) is 5.82 Å². The second-order valence-corrected chi connectivity index (χ2v) is 6.93. The molecule has 1 N–H and O–H groups in total. The quantitative estimate of drug-likeness (QED) is 0.546. The molecule has 0 spiro atoms. The van der Waals surface area contributed by atoms with Crippen LogP contribution in [-0.4, -0.2) is 28.7 Å². The Morgan fingerprint density at radius 1 is 1.00 bits per heavy atom. The summed E-state index contributed by atoms with van der Waals surface area (Å²) in [6.07, 6.45) is 4.79. The van der Waals surface area contributed by atoms with E-state index in [1.165, 1.54) is 0 Å². The molecule has 6 heteroatoms. The van der Waals surface area contributed by atoms with Gasteiger partial charge in [-0.2, -0.15) is 0 Å². The number of rotatable bonds is 10. The molecule has 6 nitrogen and oxygen atoms in total. The minimum Gasteiger partial charge on any atom is -0.490 e. The fraction of sp³-hybridized carbons (Fsp3) is 0.333. The van der Waals surface area contributed by atoms with Gasteiger partial charge >= 0.3 is 0 Å². The third-order valence-electron chi connectivity index (χ3n) is 4.78. The summed E-state index contributed by atoms with van der Waals surface area (Å²) in [5.74, 6) is 2.43. The van der Waals surface area contributed by atoms with E-state index >= 15 is 0 Å². The first kappa shape index (κ1) is 21.4. The summed E-state index contributed by atoms with van der Waals surface area (Å²) in [7, 11) is 0. The molecule has 3 aromatic rings. The summed E-state index contributed by atoms with van der Waals surface area (Å²) in [4.78, 5) is 16.5. The summed E-state index contributed by atoms with van der Waals surface area (Å²) in [5.41, 5.74) is 3.17. The molecule has 0 saturated heterocycles. The highest BCUT2D eigenvalue weighted by Gasteiger charge is 2.08. The number of hydrogen-bond acceptors (Lipinski definition) is 4. The van der Waals surface area contributed by atoms with Crippen LogP contribution in [0.4, 0.5) is 0 Å². The Balaban J connectivity index is 1.50. The van der Waals surface area contributed by atoms with Crippen LogP contribution in [0.25, 0.3) is 5.69 Å². The van der Waals surface area contributed by atoms with Crippen molar-refractivity contribution >= 4 is 5.91 Å². The Morgan fingerprint density at radius 2 is 1.70 bits per heavy atom. The Labute approximate surface area is 177 Å². The maximum atomic E-state index is 12.3. The van der Waals surface area contributed by atoms with E-state index in [1.54, 1.807) is 6.20 Å². The van der Waals surface area contributed by atoms with Gasteiger partial charge in [0.2, 0.25) is 5.91 Å².